The van der Waals surface area contributed by atoms with Crippen molar-refractivity contribution in [3.05, 3.63) is 17.4 Å². The van der Waals surface area contributed by atoms with Crippen LogP contribution in [0.3, 0.4) is 0 Å². The number of benzene rings is 1. The van der Waals surface area contributed by atoms with Gasteiger partial charge in [0.1, 0.15) is 11.3 Å². The van der Waals surface area contributed by atoms with Crippen molar-refractivity contribution in [1.29, 1.82) is 0 Å². The lowest BCUT2D eigenvalue weighted by Gasteiger charge is -2.21. The topological polar surface area (TPSA) is 84.9 Å². The largest absolute Gasteiger partial charge is 0.505 e. The third-order valence-electron chi connectivity index (χ3n) is 2.19. The van der Waals surface area contributed by atoms with Crippen LogP contribution < -0.4 is 10.1 Å². The standard InChI is InChI=1S/C13H16FNO5/c1-13(2,3)20-12(18)15-9-10(17)7(6-16)5-8(14)11(9)19-4/h5-6,17H,1-4H3,(H,15,18). The summed E-state index contributed by atoms with van der Waals surface area (Å²) in [5, 5.41) is 12.0. The smallest absolute Gasteiger partial charge is 0.412 e. The van der Waals surface area contributed by atoms with Gasteiger partial charge in [-0.1, -0.05) is 0 Å². The first kappa shape index (κ1) is 15.7. The molecule has 0 unspecified atom stereocenters. The first-order valence-electron chi connectivity index (χ1n) is 5.74. The molecule has 0 saturated heterocycles. The van der Waals surface area contributed by atoms with Crippen LogP contribution in [-0.2, 0) is 4.74 Å². The van der Waals surface area contributed by atoms with Crippen LogP contribution in [0.25, 0.3) is 0 Å². The van der Waals surface area contributed by atoms with E-state index in [1.807, 2.05) is 0 Å². The van der Waals surface area contributed by atoms with Gasteiger partial charge in [0.15, 0.2) is 23.6 Å². The number of ether oxygens (including phenoxy) is 2. The van der Waals surface area contributed by atoms with E-state index in [1.54, 1.807) is 20.8 Å². The van der Waals surface area contributed by atoms with Gasteiger partial charge in [-0.05, 0) is 26.8 Å². The highest BCUT2D eigenvalue weighted by Gasteiger charge is 2.23. The molecule has 0 aliphatic heterocycles. The van der Waals surface area contributed by atoms with Gasteiger partial charge < -0.3 is 14.6 Å². The van der Waals surface area contributed by atoms with E-state index in [4.69, 9.17) is 9.47 Å². The van der Waals surface area contributed by atoms with Crippen LogP contribution in [0.2, 0.25) is 0 Å². The number of rotatable bonds is 3. The number of carbonyl (C=O) groups excluding carboxylic acids is 2. The minimum atomic E-state index is -0.909. The van der Waals surface area contributed by atoms with Crippen molar-refractivity contribution >= 4 is 18.1 Å². The Morgan fingerprint density at radius 2 is 2.05 bits per heavy atom. The van der Waals surface area contributed by atoms with Crippen molar-refractivity contribution in [3.8, 4) is 11.5 Å². The Kier molecular flexibility index (Phi) is 4.54. The van der Waals surface area contributed by atoms with Crippen molar-refractivity contribution in [2.45, 2.75) is 26.4 Å². The van der Waals surface area contributed by atoms with Gasteiger partial charge in [-0.15, -0.1) is 0 Å². The molecule has 0 aromatic heterocycles. The summed E-state index contributed by atoms with van der Waals surface area (Å²) in [4.78, 5) is 22.4. The predicted molar refractivity (Wildman–Crippen MR) is 69.9 cm³/mol. The molecule has 0 aliphatic rings. The maximum Gasteiger partial charge on any atom is 0.412 e. The van der Waals surface area contributed by atoms with Gasteiger partial charge in [-0.2, -0.15) is 0 Å². The Morgan fingerprint density at radius 3 is 2.50 bits per heavy atom. The Hall–Kier alpha value is -2.31. The number of hydrogen-bond acceptors (Lipinski definition) is 5. The van der Waals surface area contributed by atoms with Gasteiger partial charge in [-0.25, -0.2) is 9.18 Å². The summed E-state index contributed by atoms with van der Waals surface area (Å²) in [7, 11) is 1.17. The third-order valence-corrected chi connectivity index (χ3v) is 2.19. The van der Waals surface area contributed by atoms with Crippen molar-refractivity contribution in [2.24, 2.45) is 0 Å². The molecule has 0 saturated carbocycles. The molecule has 1 rings (SSSR count). The Balaban J connectivity index is 3.19. The summed E-state index contributed by atoms with van der Waals surface area (Å²) in [5.74, 6) is -1.87. The van der Waals surface area contributed by atoms with E-state index in [0.717, 1.165) is 6.07 Å². The van der Waals surface area contributed by atoms with Crippen LogP contribution >= 0.6 is 0 Å². The number of aromatic hydroxyl groups is 1. The molecule has 0 atom stereocenters. The molecule has 0 aliphatic carbocycles. The number of aldehydes is 1. The zero-order valence-electron chi connectivity index (χ0n) is 11.6. The Bertz CT molecular complexity index is 537. The van der Waals surface area contributed by atoms with Gasteiger partial charge in [-0.3, -0.25) is 10.1 Å². The fourth-order valence-electron chi connectivity index (χ4n) is 1.45. The molecule has 1 aromatic rings. The molecular weight excluding hydrogens is 269 g/mol. The van der Waals surface area contributed by atoms with Gasteiger partial charge in [0.05, 0.1) is 12.7 Å². The number of hydrogen-bond donors (Lipinski definition) is 2. The molecule has 6 nitrogen and oxygen atoms in total. The second-order valence-electron chi connectivity index (χ2n) is 4.95. The van der Waals surface area contributed by atoms with E-state index in [9.17, 15) is 19.1 Å². The van der Waals surface area contributed by atoms with E-state index in [1.165, 1.54) is 7.11 Å². The Labute approximate surface area is 115 Å². The molecule has 0 bridgehead atoms. The van der Waals surface area contributed by atoms with Crippen LogP contribution in [0.4, 0.5) is 14.9 Å². The van der Waals surface area contributed by atoms with Crippen molar-refractivity contribution < 1.29 is 28.6 Å². The molecule has 1 amide bonds. The molecule has 7 heteroatoms. The van der Waals surface area contributed by atoms with Crippen LogP contribution in [0.15, 0.2) is 6.07 Å². The normalized spacial score (nSPS) is 10.8. The molecule has 20 heavy (non-hydrogen) atoms. The quantitative estimate of drug-likeness (QED) is 0.659. The van der Waals surface area contributed by atoms with E-state index >= 15 is 0 Å². The number of anilines is 1. The predicted octanol–water partition coefficient (Wildman–Crippen LogP) is 2.70. The number of phenolic OH excluding ortho intramolecular Hbond substituents is 1. The number of amides is 1. The number of phenols is 1. The zero-order valence-corrected chi connectivity index (χ0v) is 11.6. The minimum Gasteiger partial charge on any atom is -0.505 e. The minimum absolute atomic E-state index is 0.262. The van der Waals surface area contributed by atoms with Crippen LogP contribution in [0, 0.1) is 5.82 Å². The summed E-state index contributed by atoms with van der Waals surface area (Å²) in [6.45, 7) is 4.93. The second kappa shape index (κ2) is 5.77. The fourth-order valence-corrected chi connectivity index (χ4v) is 1.45. The molecule has 2 N–H and O–H groups in total. The molecule has 0 spiro atoms. The van der Waals surface area contributed by atoms with Crippen molar-refractivity contribution in [1.82, 2.24) is 0 Å². The second-order valence-corrected chi connectivity index (χ2v) is 4.95. The third kappa shape index (κ3) is 3.59. The van der Waals surface area contributed by atoms with Gasteiger partial charge in [0.25, 0.3) is 0 Å². The van der Waals surface area contributed by atoms with E-state index < -0.39 is 23.3 Å². The average molecular weight is 285 g/mol. The average Bonchev–Trinajstić information content (AvgIpc) is 2.31. The lowest BCUT2D eigenvalue weighted by atomic mass is 10.1. The summed E-state index contributed by atoms with van der Waals surface area (Å²) < 4.78 is 23.4. The van der Waals surface area contributed by atoms with Gasteiger partial charge in [0.2, 0.25) is 0 Å². The maximum absolute atomic E-state index is 13.7. The van der Waals surface area contributed by atoms with Crippen molar-refractivity contribution in [2.75, 3.05) is 12.4 Å². The first-order chi connectivity index (χ1) is 9.19. The van der Waals surface area contributed by atoms with Gasteiger partial charge >= 0.3 is 6.09 Å². The molecular formula is C13H16FNO5. The molecule has 1 aromatic carbocycles. The van der Waals surface area contributed by atoms with Crippen LogP contribution in [0.5, 0.6) is 11.5 Å². The lowest BCUT2D eigenvalue weighted by Crippen LogP contribution is -2.27. The molecule has 0 fully saturated rings. The van der Waals surface area contributed by atoms with E-state index in [2.05, 4.69) is 5.32 Å². The molecule has 0 heterocycles. The first-order valence-corrected chi connectivity index (χ1v) is 5.74. The number of halogens is 1. The maximum atomic E-state index is 13.7. The highest BCUT2D eigenvalue weighted by atomic mass is 19.1. The SMILES string of the molecule is COc1c(F)cc(C=O)c(O)c1NC(=O)OC(C)(C)C. The highest BCUT2D eigenvalue weighted by Crippen LogP contribution is 2.38. The number of methoxy groups -OCH3 is 1. The van der Waals surface area contributed by atoms with E-state index in [0.29, 0.717) is 0 Å². The Morgan fingerprint density at radius 1 is 1.45 bits per heavy atom. The lowest BCUT2D eigenvalue weighted by molar-refractivity contribution is 0.0634. The molecule has 110 valence electrons. The van der Waals surface area contributed by atoms with Crippen molar-refractivity contribution in [3.63, 3.8) is 0 Å². The summed E-state index contributed by atoms with van der Waals surface area (Å²) in [5.41, 5.74) is -1.44. The van der Waals surface area contributed by atoms with E-state index in [-0.39, 0.29) is 23.3 Å². The van der Waals surface area contributed by atoms with Crippen LogP contribution in [-0.4, -0.2) is 30.2 Å². The number of nitrogens with one attached hydrogen (secondary N) is 1. The van der Waals surface area contributed by atoms with Gasteiger partial charge in [0, 0.05) is 0 Å². The summed E-state index contributed by atoms with van der Waals surface area (Å²) in [6.07, 6.45) is -0.647. The summed E-state index contributed by atoms with van der Waals surface area (Å²) in [6, 6.07) is 0.807. The van der Waals surface area contributed by atoms with Crippen LogP contribution in [0.1, 0.15) is 31.1 Å². The number of carbonyl (C=O) groups is 2. The highest BCUT2D eigenvalue weighted by molar-refractivity contribution is 5.94. The molecule has 0 radical (unpaired) electrons. The fraction of sp³-hybridized carbons (Fsp3) is 0.385. The monoisotopic (exact) mass is 285 g/mol. The zero-order chi connectivity index (χ0) is 15.5. The summed E-state index contributed by atoms with van der Waals surface area (Å²) >= 11 is 0.